The molecule has 0 aliphatic carbocycles. The van der Waals surface area contributed by atoms with Crippen molar-refractivity contribution in [2.75, 3.05) is 19.8 Å². The van der Waals surface area contributed by atoms with E-state index in [0.29, 0.717) is 11.6 Å². The van der Waals surface area contributed by atoms with Crippen molar-refractivity contribution in [2.24, 2.45) is 0 Å². The number of nitrogen functional groups attached to an aromatic ring is 1. The maximum Gasteiger partial charge on any atom is 0.324 e. The third-order valence-electron chi connectivity index (χ3n) is 4.63. The molecule has 32 heavy (non-hydrogen) atoms. The second kappa shape index (κ2) is 8.97. The summed E-state index contributed by atoms with van der Waals surface area (Å²) in [5, 5.41) is 8.65. The maximum absolute atomic E-state index is 14.0. The van der Waals surface area contributed by atoms with Crippen LogP contribution >= 0.6 is 0 Å². The van der Waals surface area contributed by atoms with E-state index in [9.17, 15) is 17.2 Å². The van der Waals surface area contributed by atoms with E-state index in [2.05, 4.69) is 9.97 Å². The molecule has 8 nitrogen and oxygen atoms in total. The number of ether oxygens (including phenoxy) is 1. The highest BCUT2D eigenvalue weighted by Crippen LogP contribution is 2.28. The number of anilines is 1. The summed E-state index contributed by atoms with van der Waals surface area (Å²) < 4.78 is 58.6. The molecule has 3 aromatic rings. The molecule has 2 aromatic carbocycles. The molecule has 0 saturated heterocycles. The first-order valence-corrected chi connectivity index (χ1v) is 10.9. The number of hydrogen-bond donors (Lipinski definition) is 2. The number of aromatic nitrogens is 2. The van der Waals surface area contributed by atoms with Crippen LogP contribution in [0.5, 0.6) is 11.8 Å². The molecule has 1 heterocycles. The van der Waals surface area contributed by atoms with Crippen molar-refractivity contribution in [1.82, 2.24) is 14.3 Å². The smallest absolute Gasteiger partial charge is 0.324 e. The summed E-state index contributed by atoms with van der Waals surface area (Å²) >= 11 is 0. The first kappa shape index (κ1) is 23.2. The van der Waals surface area contributed by atoms with Gasteiger partial charge in [-0.25, -0.2) is 21.5 Å². The number of sulfonamides is 1. The Labute approximate surface area is 184 Å². The van der Waals surface area contributed by atoms with E-state index in [1.165, 1.54) is 14.1 Å². The Balaban J connectivity index is 2.14. The summed E-state index contributed by atoms with van der Waals surface area (Å²) in [6.07, 6.45) is 0. The van der Waals surface area contributed by atoms with Crippen LogP contribution in [-0.2, 0) is 15.8 Å². The van der Waals surface area contributed by atoms with E-state index in [-0.39, 0.29) is 28.5 Å². The molecule has 0 radical (unpaired) electrons. The summed E-state index contributed by atoms with van der Waals surface area (Å²) in [5.41, 5.74) is 7.25. The average Bonchev–Trinajstić information content (AvgIpc) is 2.69. The van der Waals surface area contributed by atoms with Gasteiger partial charge in [0.15, 0.2) is 11.6 Å². The average molecular weight is 461 g/mol. The predicted octanol–water partition coefficient (Wildman–Crippen LogP) is 3.25. The van der Waals surface area contributed by atoms with E-state index in [1.54, 1.807) is 31.2 Å². The molecule has 0 fully saturated rings. The molecule has 0 unspecified atom stereocenters. The minimum atomic E-state index is -3.81. The summed E-state index contributed by atoms with van der Waals surface area (Å²) in [7, 11) is -1.09. The Morgan fingerprint density at radius 1 is 1.16 bits per heavy atom. The molecule has 0 spiro atoms. The van der Waals surface area contributed by atoms with E-state index in [1.807, 2.05) is 0 Å². The highest BCUT2D eigenvalue weighted by Gasteiger charge is 2.25. The van der Waals surface area contributed by atoms with Crippen LogP contribution in [0.2, 0.25) is 0 Å². The van der Waals surface area contributed by atoms with Crippen molar-refractivity contribution < 1.29 is 21.9 Å². The van der Waals surface area contributed by atoms with Gasteiger partial charge in [-0.15, -0.1) is 0 Å². The maximum atomic E-state index is 14.0. The molecule has 0 amide bonds. The van der Waals surface area contributed by atoms with Crippen molar-refractivity contribution in [3.05, 3.63) is 76.5 Å². The molecule has 0 atom stereocenters. The lowest BCUT2D eigenvalue weighted by Gasteiger charge is -2.17. The van der Waals surface area contributed by atoms with Gasteiger partial charge in [0, 0.05) is 25.7 Å². The van der Waals surface area contributed by atoms with Gasteiger partial charge >= 0.3 is 6.01 Å². The molecular weight excluding hydrogens is 440 g/mol. The minimum Gasteiger partial charge on any atom is -0.421 e. The number of nitrogens with two attached hydrogens (primary N) is 1. The van der Waals surface area contributed by atoms with Crippen LogP contribution in [0.3, 0.4) is 0 Å². The molecule has 0 saturated carbocycles. The fourth-order valence-corrected chi connectivity index (χ4v) is 3.68. The van der Waals surface area contributed by atoms with Crippen molar-refractivity contribution in [1.29, 1.82) is 5.41 Å². The molecule has 0 aliphatic rings. The zero-order chi connectivity index (χ0) is 23.6. The predicted molar refractivity (Wildman–Crippen MR) is 116 cm³/mol. The van der Waals surface area contributed by atoms with Gasteiger partial charge in [0.05, 0.1) is 17.0 Å². The van der Waals surface area contributed by atoms with Crippen LogP contribution in [-0.4, -0.2) is 42.5 Å². The van der Waals surface area contributed by atoms with Crippen LogP contribution < -0.4 is 10.5 Å². The summed E-state index contributed by atoms with van der Waals surface area (Å²) in [4.78, 5) is 8.09. The summed E-state index contributed by atoms with van der Waals surface area (Å²) in [5.74, 6) is -2.97. The Morgan fingerprint density at radius 3 is 2.47 bits per heavy atom. The quantitative estimate of drug-likeness (QED) is 0.521. The highest BCUT2D eigenvalue weighted by atomic mass is 32.2. The highest BCUT2D eigenvalue weighted by molar-refractivity contribution is 7.88. The fourth-order valence-electron chi connectivity index (χ4n) is 2.87. The third kappa shape index (κ3) is 4.89. The lowest BCUT2D eigenvalue weighted by atomic mass is 9.98. The Bertz CT molecular complexity index is 1300. The zero-order valence-electron chi connectivity index (χ0n) is 17.6. The van der Waals surface area contributed by atoms with Gasteiger partial charge < -0.3 is 10.5 Å². The molecule has 3 rings (SSSR count). The van der Waals surface area contributed by atoms with Gasteiger partial charge in [-0.3, -0.25) is 5.41 Å². The number of nitrogens with zero attached hydrogens (tertiary/aromatic N) is 3. The Hall–Kier alpha value is -3.44. The van der Waals surface area contributed by atoms with Gasteiger partial charge in [0.2, 0.25) is 10.0 Å². The SMILES string of the molecule is Cc1ccccc1C(=N)c1c(N)nc(Oc2ccc(F)cc2F)nc1CS(=O)(=O)N(C)C. The van der Waals surface area contributed by atoms with E-state index in [0.717, 1.165) is 22.0 Å². The van der Waals surface area contributed by atoms with Gasteiger partial charge in [-0.2, -0.15) is 9.97 Å². The second-order valence-corrected chi connectivity index (χ2v) is 9.30. The van der Waals surface area contributed by atoms with E-state index in [4.69, 9.17) is 15.9 Å². The summed E-state index contributed by atoms with van der Waals surface area (Å²) in [6, 6.07) is 9.25. The third-order valence-corrected chi connectivity index (χ3v) is 6.38. The molecule has 0 aliphatic heterocycles. The van der Waals surface area contributed by atoms with Gasteiger partial charge in [-0.05, 0) is 24.6 Å². The Kier molecular flexibility index (Phi) is 6.51. The number of nitrogens with one attached hydrogen (secondary N) is 1. The van der Waals surface area contributed by atoms with Gasteiger partial charge in [0.25, 0.3) is 0 Å². The second-order valence-electron chi connectivity index (χ2n) is 7.12. The van der Waals surface area contributed by atoms with E-state index < -0.39 is 33.4 Å². The fraction of sp³-hybridized carbons (Fsp3) is 0.190. The molecule has 0 bridgehead atoms. The molecular formula is C21H21F2N5O3S. The number of aryl methyl sites for hydroxylation is 1. The first-order chi connectivity index (χ1) is 15.0. The lowest BCUT2D eigenvalue weighted by molar-refractivity contribution is 0.407. The van der Waals surface area contributed by atoms with Crippen LogP contribution in [0.1, 0.15) is 22.4 Å². The monoisotopic (exact) mass is 461 g/mol. The molecule has 168 valence electrons. The normalized spacial score (nSPS) is 11.6. The lowest BCUT2D eigenvalue weighted by Crippen LogP contribution is -2.26. The van der Waals surface area contributed by atoms with Crippen molar-refractivity contribution in [2.45, 2.75) is 12.7 Å². The Morgan fingerprint density at radius 2 is 1.84 bits per heavy atom. The number of halogens is 2. The largest absolute Gasteiger partial charge is 0.421 e. The topological polar surface area (TPSA) is 122 Å². The van der Waals surface area contributed by atoms with E-state index >= 15 is 0 Å². The number of benzene rings is 2. The standard InChI is InChI=1S/C21H21F2N5O3S/c1-12-6-4-5-7-14(12)19(24)18-16(11-32(29,30)28(2)3)26-21(27-20(18)25)31-17-9-8-13(22)10-15(17)23/h4-10,24H,11H2,1-3H3,(H2,25,26,27). The molecule has 1 aromatic heterocycles. The van der Waals surface area contributed by atoms with Crippen LogP contribution in [0.4, 0.5) is 14.6 Å². The minimum absolute atomic E-state index is 0.0247. The van der Waals surface area contributed by atoms with Gasteiger partial charge in [-0.1, -0.05) is 24.3 Å². The van der Waals surface area contributed by atoms with Crippen molar-refractivity contribution >= 4 is 21.6 Å². The van der Waals surface area contributed by atoms with Crippen LogP contribution in [0.15, 0.2) is 42.5 Å². The molecule has 11 heteroatoms. The van der Waals surface area contributed by atoms with Crippen molar-refractivity contribution in [3.63, 3.8) is 0 Å². The summed E-state index contributed by atoms with van der Waals surface area (Å²) in [6.45, 7) is 1.80. The number of hydrogen-bond acceptors (Lipinski definition) is 7. The van der Waals surface area contributed by atoms with Crippen LogP contribution in [0, 0.1) is 24.0 Å². The van der Waals surface area contributed by atoms with Crippen molar-refractivity contribution in [3.8, 4) is 11.8 Å². The first-order valence-electron chi connectivity index (χ1n) is 9.34. The molecule has 3 N–H and O–H groups in total. The van der Waals surface area contributed by atoms with Gasteiger partial charge in [0.1, 0.15) is 17.4 Å². The van der Waals surface area contributed by atoms with Crippen LogP contribution in [0.25, 0.3) is 0 Å². The number of rotatable bonds is 7. The zero-order valence-corrected chi connectivity index (χ0v) is 18.4.